The minimum absolute atomic E-state index is 0.108. The molecular formula is C126H194N6Si4. The van der Waals surface area contributed by atoms with E-state index in [1.807, 2.05) is 0 Å². The normalized spacial score (nSPS) is 31.2. The predicted octanol–water partition coefficient (Wildman–Crippen LogP) is 32.9. The first-order chi connectivity index (χ1) is 63.2. The van der Waals surface area contributed by atoms with Crippen molar-refractivity contribution in [2.24, 2.45) is 59.2 Å². The standard InChI is InChI=1S/C35H54N2Si.C34H52N2Si.C29H45NSi.C28H43NSi/c1-24-32(36-20-14-15-21-36)28-23-31-27(26-18-12-13-19-30(26)35(31,5)6)22-29(28)33(24)38(7,8)37(34(2,3)4)25-16-10-9-11-17-25;1-33(2,3)36(24-15-9-8-10-16-24)37(6,7)32-23-31(35-19-13-14-20-35)27-22-30-26(21-28(27)32)25-17-11-12-18-29(25)34(30,4)5;1-19-16-20-17-23-21-14-12-13-15-24(21)29(8,9)25(23)18-22(20)26(19)31(10,11)30(27(2,3)4)28(5,6)7;1-26(2,3)29(27(4,5)6)30(9,10)25-16-15-19-17-22-20-13-11-12-14-23(20)28(7,8)24(22)18-21(19)25/h12-13,18-19,22-25,28-29,32-33H,9-11,14-17,20-21H2,1-8H3;11-12,17-18,21-22,24,27-28,31-32H,8-10,13-16,19-20,23H2,1-7H3;12-15,17-20,22,26H,16H2,1-11H3;11-14,17-19,21,25H,15-16H2,1-10H3. The van der Waals surface area contributed by atoms with E-state index < -0.39 is 32.9 Å². The average molecular weight is 1910 g/mol. The summed E-state index contributed by atoms with van der Waals surface area (Å²) in [7, 11) is -7.03. The van der Waals surface area contributed by atoms with Crippen molar-refractivity contribution in [3.8, 4) is 0 Å². The lowest BCUT2D eigenvalue weighted by molar-refractivity contribution is 0.121. The number of allylic oxidation sites excluding steroid dienone is 14. The smallest absolute Gasteiger partial charge is 0.127 e. The third-order valence-corrected chi connectivity index (χ3v) is 59.1. The Bertz CT molecular complexity index is 5310. The zero-order chi connectivity index (χ0) is 98.6. The van der Waals surface area contributed by atoms with E-state index in [1.165, 1.54) is 192 Å². The maximum absolute atomic E-state index is 3.16. The topological polar surface area (TPSA) is 19.4 Å². The van der Waals surface area contributed by atoms with E-state index in [4.69, 9.17) is 0 Å². The molecule has 16 aliphatic rings. The Morgan fingerprint density at radius 3 is 1.04 bits per heavy atom. The van der Waals surface area contributed by atoms with E-state index in [0.29, 0.717) is 53.4 Å². The number of nitrogens with zero attached hydrogens (tertiary/aromatic N) is 6. The van der Waals surface area contributed by atoms with Crippen LogP contribution in [-0.2, 0) is 21.7 Å². The summed E-state index contributed by atoms with van der Waals surface area (Å²) >= 11 is 0. The zero-order valence-electron chi connectivity index (χ0n) is 93.5. The van der Waals surface area contributed by atoms with E-state index in [9.17, 15) is 0 Å². The van der Waals surface area contributed by atoms with Crippen LogP contribution in [0, 0.1) is 59.2 Å². The molecule has 744 valence electrons. The molecule has 0 N–H and O–H groups in total. The molecule has 2 heterocycles. The highest BCUT2D eigenvalue weighted by Gasteiger charge is 2.64. The molecule has 0 radical (unpaired) electrons. The molecule has 0 amide bonds. The van der Waals surface area contributed by atoms with Crippen LogP contribution in [0.1, 0.15) is 354 Å². The van der Waals surface area contributed by atoms with Gasteiger partial charge in [0.2, 0.25) is 0 Å². The minimum Gasteiger partial charge on any atom is -0.316 e. The van der Waals surface area contributed by atoms with Gasteiger partial charge in [0, 0.05) is 79.1 Å². The van der Waals surface area contributed by atoms with Crippen molar-refractivity contribution in [2.45, 2.75) is 463 Å². The van der Waals surface area contributed by atoms with Gasteiger partial charge >= 0.3 is 0 Å². The molecular weight excluding hydrogens is 1710 g/mol. The molecule has 4 aromatic carbocycles. The van der Waals surface area contributed by atoms with Crippen LogP contribution in [0.3, 0.4) is 0 Å². The van der Waals surface area contributed by atoms with Gasteiger partial charge in [0.05, 0.1) is 0 Å². The monoisotopic (exact) mass is 1900 g/mol. The lowest BCUT2D eigenvalue weighted by Crippen LogP contribution is -2.67. The highest BCUT2D eigenvalue weighted by atomic mass is 28.3. The average Bonchev–Trinajstić information content (AvgIpc) is 1.54. The van der Waals surface area contributed by atoms with Crippen LogP contribution in [0.5, 0.6) is 0 Å². The number of benzene rings is 4. The maximum Gasteiger partial charge on any atom is 0.127 e. The number of hydrogen-bond donors (Lipinski definition) is 0. The Balaban J connectivity index is 0.000000127. The lowest BCUT2D eigenvalue weighted by atomic mass is 9.75. The summed E-state index contributed by atoms with van der Waals surface area (Å²) in [6, 6.07) is 39.8. The van der Waals surface area contributed by atoms with Crippen LogP contribution in [0.25, 0.3) is 22.3 Å². The third kappa shape index (κ3) is 17.8. The molecule has 16 atom stereocenters. The van der Waals surface area contributed by atoms with Gasteiger partial charge in [-0.3, -0.25) is 9.80 Å². The van der Waals surface area contributed by atoms with Gasteiger partial charge in [-0.25, -0.2) is 0 Å². The first kappa shape index (κ1) is 103. The molecule has 136 heavy (non-hydrogen) atoms. The Morgan fingerprint density at radius 1 is 0.294 bits per heavy atom. The van der Waals surface area contributed by atoms with Crippen molar-refractivity contribution in [1.82, 2.24) is 28.1 Å². The van der Waals surface area contributed by atoms with Gasteiger partial charge in [-0.15, -0.1) is 0 Å². The van der Waals surface area contributed by atoms with Crippen LogP contribution in [0.15, 0.2) is 168 Å². The van der Waals surface area contributed by atoms with E-state index in [0.717, 1.165) is 52.1 Å². The van der Waals surface area contributed by atoms with Crippen molar-refractivity contribution >= 4 is 55.2 Å². The Labute approximate surface area is 838 Å². The van der Waals surface area contributed by atoms with Crippen LogP contribution >= 0.6 is 0 Å². The van der Waals surface area contributed by atoms with Gasteiger partial charge in [-0.05, 0) is 392 Å². The fourth-order valence-electron chi connectivity index (χ4n) is 37.2. The second-order valence-electron chi connectivity index (χ2n) is 57.4. The highest BCUT2D eigenvalue weighted by molar-refractivity contribution is 6.78. The minimum atomic E-state index is -1.83. The molecule has 10 heteroatoms. The molecule has 0 bridgehead atoms. The van der Waals surface area contributed by atoms with Crippen molar-refractivity contribution < 1.29 is 0 Å². The fourth-order valence-corrected chi connectivity index (χ4v) is 61.1. The molecule has 2 aliphatic heterocycles. The van der Waals surface area contributed by atoms with E-state index in [-0.39, 0.29) is 54.9 Å². The van der Waals surface area contributed by atoms with E-state index >= 15 is 0 Å². The van der Waals surface area contributed by atoms with Crippen molar-refractivity contribution in [3.63, 3.8) is 0 Å². The first-order valence-electron chi connectivity index (χ1n) is 56.0. The van der Waals surface area contributed by atoms with Crippen molar-refractivity contribution in [3.05, 3.63) is 212 Å². The largest absolute Gasteiger partial charge is 0.316 e. The number of fused-ring (bicyclic) bond motifs is 16. The lowest BCUT2D eigenvalue weighted by Gasteiger charge is -2.57. The van der Waals surface area contributed by atoms with Crippen molar-refractivity contribution in [2.75, 3.05) is 26.2 Å². The number of hydrogen-bond acceptors (Lipinski definition) is 6. The Morgan fingerprint density at radius 2 is 0.640 bits per heavy atom. The van der Waals surface area contributed by atoms with E-state index in [1.54, 1.807) is 39.0 Å². The molecule has 6 nitrogen and oxygen atoms in total. The molecule has 0 spiro atoms. The molecule has 6 saturated carbocycles. The Kier molecular flexibility index (Phi) is 27.4. The van der Waals surface area contributed by atoms with Gasteiger partial charge in [0.1, 0.15) is 32.9 Å². The predicted molar refractivity (Wildman–Crippen MR) is 601 cm³/mol. The summed E-state index contributed by atoms with van der Waals surface area (Å²) in [6.07, 6.45) is 47.4. The maximum atomic E-state index is 3.16. The van der Waals surface area contributed by atoms with Crippen LogP contribution in [-0.4, -0.2) is 145 Å². The molecule has 0 aromatic heterocycles. The first-order valence-corrected chi connectivity index (χ1v) is 68.1. The third-order valence-electron chi connectivity index (χ3n) is 39.5. The molecule has 20 rings (SSSR count). The highest BCUT2D eigenvalue weighted by Crippen LogP contribution is 2.68. The van der Waals surface area contributed by atoms with Crippen LogP contribution in [0.2, 0.25) is 74.5 Å². The van der Waals surface area contributed by atoms with E-state index in [2.05, 4.69) is 420 Å². The summed E-state index contributed by atoms with van der Waals surface area (Å²) in [5.41, 5.74) is 29.6. The quantitative estimate of drug-likeness (QED) is 0.131. The van der Waals surface area contributed by atoms with Crippen LogP contribution < -0.4 is 0 Å². The second kappa shape index (κ2) is 36.3. The van der Waals surface area contributed by atoms with Gasteiger partial charge in [-0.1, -0.05) is 312 Å². The number of rotatable bonds is 12. The summed E-state index contributed by atoms with van der Waals surface area (Å²) in [5, 5.41) is 0. The zero-order valence-corrected chi connectivity index (χ0v) is 97.5. The number of likely N-dealkylation sites (tertiary alicyclic amines) is 2. The van der Waals surface area contributed by atoms with Gasteiger partial charge < -0.3 is 18.3 Å². The van der Waals surface area contributed by atoms with Gasteiger partial charge in [0.25, 0.3) is 0 Å². The van der Waals surface area contributed by atoms with Gasteiger partial charge in [0.15, 0.2) is 0 Å². The molecule has 2 saturated heterocycles. The Hall–Kier alpha value is -4.57. The molecule has 14 aliphatic carbocycles. The van der Waals surface area contributed by atoms with Crippen LogP contribution in [0.4, 0.5) is 0 Å². The van der Waals surface area contributed by atoms with Crippen molar-refractivity contribution in [1.29, 1.82) is 0 Å². The summed E-state index contributed by atoms with van der Waals surface area (Å²) in [4.78, 5) is 5.84. The summed E-state index contributed by atoms with van der Waals surface area (Å²) in [5.74, 6) is 6.96. The summed E-state index contributed by atoms with van der Waals surface area (Å²) < 4.78 is 12.2. The second-order valence-corrected chi connectivity index (χ2v) is 75.3. The SMILES string of the molecule is CC1(C)C2=CC3C(C=C2c2ccccc21)C([Si](C)(C)N(C1CCCCC1)C(C)(C)C)CC3N1CCCC1.CC1(C)C2=CC3C(C=C2c2ccccc21)CCC3[Si](C)(C)N(C(C)(C)C)C(C)(C)C.CC1C(N2CCCC2)C2C=C3C(=CC2C1[Si](C)(C)N(C1CCCCC1)C(C)(C)C)c1ccccc1C3(C)C.CC1CC2C=C3C(=CC2C1[Si](C)(C)N(C(C)(C)C)C(C)(C)C)C(C)(C)c1ccccc13. The van der Waals surface area contributed by atoms with Gasteiger partial charge in [-0.2, -0.15) is 0 Å². The fraction of sp³-hybridized carbons (Fsp3) is 0.683. The molecule has 8 fully saturated rings. The summed E-state index contributed by atoms with van der Waals surface area (Å²) in [6.45, 7) is 96.1. The molecule has 4 aromatic rings. The molecule has 16 unspecified atom stereocenters.